The number of benzene rings is 2. The number of nitrogens with zero attached hydrogens (tertiary/aromatic N) is 1. The van der Waals surface area contributed by atoms with E-state index in [9.17, 15) is 4.79 Å². The lowest BCUT2D eigenvalue weighted by Gasteiger charge is -2.06. The van der Waals surface area contributed by atoms with E-state index >= 15 is 0 Å². The maximum atomic E-state index is 12.9. The molecule has 0 aliphatic heterocycles. The predicted molar refractivity (Wildman–Crippen MR) is 112 cm³/mol. The summed E-state index contributed by atoms with van der Waals surface area (Å²) in [6.07, 6.45) is 1.84. The van der Waals surface area contributed by atoms with Gasteiger partial charge >= 0.3 is 0 Å². The van der Waals surface area contributed by atoms with Gasteiger partial charge in [-0.25, -0.2) is 0 Å². The van der Waals surface area contributed by atoms with E-state index in [-0.39, 0.29) is 5.91 Å². The Balaban J connectivity index is 1.96. The van der Waals surface area contributed by atoms with Crippen LogP contribution in [0.2, 0.25) is 5.02 Å². The average Bonchev–Trinajstić information content (AvgIpc) is 3.09. The van der Waals surface area contributed by atoms with E-state index < -0.39 is 0 Å². The van der Waals surface area contributed by atoms with Gasteiger partial charge in [-0.15, -0.1) is 11.3 Å². The summed E-state index contributed by atoms with van der Waals surface area (Å²) in [7, 11) is 1.61. The van der Waals surface area contributed by atoms with Crippen LogP contribution in [0.3, 0.4) is 0 Å². The van der Waals surface area contributed by atoms with Gasteiger partial charge in [-0.05, 0) is 23.8 Å². The maximum Gasteiger partial charge on any atom is 0.262 e. The summed E-state index contributed by atoms with van der Waals surface area (Å²) in [5.74, 6) is -0.109. The number of amides is 1. The van der Waals surface area contributed by atoms with Gasteiger partial charge < -0.3 is 10.1 Å². The zero-order valence-electron chi connectivity index (χ0n) is 14.7. The lowest BCUT2D eigenvalue weighted by Crippen LogP contribution is -2.26. The first-order chi connectivity index (χ1) is 13.2. The van der Waals surface area contributed by atoms with Crippen LogP contribution < -0.4 is 5.32 Å². The topological polar surface area (TPSA) is 51.2 Å². The highest BCUT2D eigenvalue weighted by atomic mass is 35.5. The van der Waals surface area contributed by atoms with Gasteiger partial charge in [0.15, 0.2) is 0 Å². The Bertz CT molecular complexity index is 1130. The van der Waals surface area contributed by atoms with Crippen molar-refractivity contribution in [3.05, 3.63) is 64.6 Å². The Labute approximate surface area is 165 Å². The molecule has 0 aliphatic carbocycles. The van der Waals surface area contributed by atoms with Gasteiger partial charge in [-0.2, -0.15) is 0 Å². The van der Waals surface area contributed by atoms with Crippen LogP contribution in [0, 0.1) is 0 Å². The van der Waals surface area contributed by atoms with Crippen molar-refractivity contribution in [2.24, 2.45) is 0 Å². The fourth-order valence-electron chi connectivity index (χ4n) is 3.10. The van der Waals surface area contributed by atoms with Gasteiger partial charge in [0.1, 0.15) is 4.88 Å². The number of methoxy groups -OCH3 is 1. The normalized spacial score (nSPS) is 11.2. The van der Waals surface area contributed by atoms with E-state index in [1.165, 1.54) is 11.3 Å². The first-order valence-electron chi connectivity index (χ1n) is 8.52. The summed E-state index contributed by atoms with van der Waals surface area (Å²) in [6.45, 7) is 0.931. The summed E-state index contributed by atoms with van der Waals surface area (Å²) in [4.78, 5) is 18.1. The molecule has 2 heterocycles. The molecular weight excluding hydrogens is 380 g/mol. The number of thiophene rings is 1. The van der Waals surface area contributed by atoms with Crippen LogP contribution in [0.25, 0.3) is 32.1 Å². The monoisotopic (exact) mass is 396 g/mol. The number of hydrogen-bond acceptors (Lipinski definition) is 4. The maximum absolute atomic E-state index is 12.9. The second-order valence-electron chi connectivity index (χ2n) is 6.08. The van der Waals surface area contributed by atoms with Crippen molar-refractivity contribution in [3.63, 3.8) is 0 Å². The minimum absolute atomic E-state index is 0.109. The molecule has 0 atom stereocenters. The van der Waals surface area contributed by atoms with E-state index in [2.05, 4.69) is 10.3 Å². The Kier molecular flexibility index (Phi) is 5.07. The van der Waals surface area contributed by atoms with E-state index in [0.29, 0.717) is 23.1 Å². The molecule has 2 aromatic carbocycles. The van der Waals surface area contributed by atoms with Crippen LogP contribution in [0.1, 0.15) is 9.67 Å². The van der Waals surface area contributed by atoms with Gasteiger partial charge in [0.25, 0.3) is 5.91 Å². The predicted octanol–water partition coefficient (Wildman–Crippen LogP) is 5.15. The van der Waals surface area contributed by atoms with E-state index in [1.54, 1.807) is 7.11 Å². The van der Waals surface area contributed by atoms with Crippen LogP contribution in [0.4, 0.5) is 0 Å². The molecule has 1 amide bonds. The second-order valence-corrected chi connectivity index (χ2v) is 7.54. The fourth-order valence-corrected chi connectivity index (χ4v) is 4.51. The lowest BCUT2D eigenvalue weighted by atomic mass is 10.0. The van der Waals surface area contributed by atoms with Crippen molar-refractivity contribution in [1.82, 2.24) is 10.3 Å². The van der Waals surface area contributed by atoms with Crippen molar-refractivity contribution in [2.75, 3.05) is 20.3 Å². The highest BCUT2D eigenvalue weighted by Gasteiger charge is 2.21. The summed E-state index contributed by atoms with van der Waals surface area (Å²) < 4.78 is 6.05. The minimum atomic E-state index is -0.109. The van der Waals surface area contributed by atoms with Gasteiger partial charge in [-0.3, -0.25) is 9.78 Å². The zero-order chi connectivity index (χ0) is 18.8. The average molecular weight is 397 g/mol. The Morgan fingerprint density at radius 3 is 2.78 bits per heavy atom. The van der Waals surface area contributed by atoms with Crippen molar-refractivity contribution < 1.29 is 9.53 Å². The van der Waals surface area contributed by atoms with Crippen molar-refractivity contribution >= 4 is 49.8 Å². The molecule has 0 saturated heterocycles. The molecule has 27 heavy (non-hydrogen) atoms. The first kappa shape index (κ1) is 17.9. The number of nitrogens with one attached hydrogen (secondary N) is 1. The van der Waals surface area contributed by atoms with Crippen molar-refractivity contribution in [1.29, 1.82) is 0 Å². The molecular formula is C21H17ClN2O2S. The third kappa shape index (κ3) is 3.41. The van der Waals surface area contributed by atoms with Crippen LogP contribution in [0.15, 0.2) is 54.7 Å². The molecule has 4 nitrogen and oxygen atoms in total. The van der Waals surface area contributed by atoms with E-state index in [1.807, 2.05) is 54.7 Å². The number of aromatic nitrogens is 1. The summed E-state index contributed by atoms with van der Waals surface area (Å²) in [5.41, 5.74) is 2.75. The molecule has 0 aliphatic rings. The van der Waals surface area contributed by atoms with Gasteiger partial charge in [0.2, 0.25) is 0 Å². The Hall–Kier alpha value is -2.47. The molecule has 0 fully saturated rings. The van der Waals surface area contributed by atoms with E-state index in [4.69, 9.17) is 16.3 Å². The number of ether oxygens (including phenoxy) is 1. The standard InChI is InChI=1S/C21H17ClN2O2S/c1-26-10-9-23-21(25)20-18(13-5-3-2-4-6-13)16-12-24-17-8-7-14(22)11-15(17)19(16)27-20/h2-8,11-12H,9-10H2,1H3,(H,23,25). The highest BCUT2D eigenvalue weighted by Crippen LogP contribution is 2.41. The molecule has 0 saturated carbocycles. The Morgan fingerprint density at radius 2 is 2.00 bits per heavy atom. The SMILES string of the molecule is COCCNC(=O)c1sc2c(cnc3ccc(Cl)cc32)c1-c1ccccc1. The smallest absolute Gasteiger partial charge is 0.262 e. The third-order valence-electron chi connectivity index (χ3n) is 4.34. The lowest BCUT2D eigenvalue weighted by molar-refractivity contribution is 0.0942. The molecule has 2 aromatic heterocycles. The van der Waals surface area contributed by atoms with Crippen LogP contribution in [-0.2, 0) is 4.74 Å². The molecule has 1 N–H and O–H groups in total. The molecule has 0 spiro atoms. The van der Waals surface area contributed by atoms with Gasteiger partial charge in [-0.1, -0.05) is 41.9 Å². The van der Waals surface area contributed by atoms with E-state index in [0.717, 1.165) is 32.1 Å². The molecule has 0 radical (unpaired) electrons. The second kappa shape index (κ2) is 7.64. The highest BCUT2D eigenvalue weighted by molar-refractivity contribution is 7.22. The molecule has 136 valence electrons. The minimum Gasteiger partial charge on any atom is -0.383 e. The van der Waals surface area contributed by atoms with Crippen LogP contribution in [0.5, 0.6) is 0 Å². The van der Waals surface area contributed by atoms with Gasteiger partial charge in [0, 0.05) is 45.9 Å². The molecule has 0 bridgehead atoms. The number of carbonyl (C=O) groups is 1. The first-order valence-corrected chi connectivity index (χ1v) is 9.72. The number of fused-ring (bicyclic) bond motifs is 3. The zero-order valence-corrected chi connectivity index (χ0v) is 16.2. The van der Waals surface area contributed by atoms with Gasteiger partial charge in [0.05, 0.1) is 12.1 Å². The van der Waals surface area contributed by atoms with Crippen LogP contribution in [-0.4, -0.2) is 31.2 Å². The number of carbonyl (C=O) groups excluding carboxylic acids is 1. The largest absolute Gasteiger partial charge is 0.383 e. The summed E-state index contributed by atoms with van der Waals surface area (Å²) in [5, 5.41) is 5.49. The quantitative estimate of drug-likeness (QED) is 0.475. The number of rotatable bonds is 5. The molecule has 6 heteroatoms. The molecule has 0 unspecified atom stereocenters. The fraction of sp³-hybridized carbons (Fsp3) is 0.143. The Morgan fingerprint density at radius 1 is 1.19 bits per heavy atom. The number of halogens is 1. The van der Waals surface area contributed by atoms with Crippen LogP contribution >= 0.6 is 22.9 Å². The van der Waals surface area contributed by atoms with Crippen molar-refractivity contribution in [3.8, 4) is 11.1 Å². The summed E-state index contributed by atoms with van der Waals surface area (Å²) in [6, 6.07) is 15.6. The number of hydrogen-bond donors (Lipinski definition) is 1. The molecule has 4 rings (SSSR count). The summed E-state index contributed by atoms with van der Waals surface area (Å²) >= 11 is 7.68. The molecule has 4 aromatic rings. The number of pyridine rings is 1. The third-order valence-corrected chi connectivity index (χ3v) is 5.81. The van der Waals surface area contributed by atoms with Crippen molar-refractivity contribution in [2.45, 2.75) is 0 Å².